The average Bonchev–Trinajstić information content (AvgIpc) is 2.43. The number of oxime groups is 1. The van der Waals surface area contributed by atoms with E-state index in [1.165, 1.54) is 0 Å². The van der Waals surface area contributed by atoms with Crippen LogP contribution < -0.4 is 5.73 Å². The van der Waals surface area contributed by atoms with Gasteiger partial charge >= 0.3 is 0 Å². The van der Waals surface area contributed by atoms with Gasteiger partial charge in [-0.05, 0) is 23.3 Å². The lowest BCUT2D eigenvalue weighted by Gasteiger charge is -2.17. The fourth-order valence-electron chi connectivity index (χ4n) is 2.03. The van der Waals surface area contributed by atoms with Gasteiger partial charge in [-0.2, -0.15) is 0 Å². The third-order valence-corrected chi connectivity index (χ3v) is 2.82. The molecule has 0 amide bonds. The first-order valence-corrected chi connectivity index (χ1v) is 5.84. The van der Waals surface area contributed by atoms with Gasteiger partial charge in [0.2, 0.25) is 0 Å². The molecular weight excluding hydrogens is 228 g/mol. The number of nitrogens with two attached hydrogens (primary N) is 1. The van der Waals surface area contributed by atoms with Crippen molar-refractivity contribution >= 4 is 16.6 Å². The van der Waals surface area contributed by atoms with Gasteiger partial charge in [-0.3, -0.25) is 0 Å². The lowest BCUT2D eigenvalue weighted by molar-refractivity contribution is 0.107. The molecule has 0 aromatic heterocycles. The van der Waals surface area contributed by atoms with Crippen molar-refractivity contribution in [3.05, 3.63) is 48.0 Å². The molecule has 0 heterocycles. The topological polar surface area (TPSA) is 67.8 Å². The highest BCUT2D eigenvalue weighted by Gasteiger charge is 2.18. The minimum Gasteiger partial charge on any atom is -0.409 e. The number of ether oxygens (including phenoxy) is 1. The van der Waals surface area contributed by atoms with Crippen LogP contribution in [0.5, 0.6) is 0 Å². The molecule has 2 aromatic carbocycles. The second-order valence-corrected chi connectivity index (χ2v) is 3.93. The highest BCUT2D eigenvalue weighted by molar-refractivity contribution is 5.93. The Balaban J connectivity index is 2.57. The number of hydrogen-bond donors (Lipinski definition) is 2. The number of fused-ring (bicyclic) bond motifs is 1. The predicted octanol–water partition coefficient (Wildman–Crippen LogP) is 2.66. The van der Waals surface area contributed by atoms with E-state index in [1.807, 2.05) is 49.4 Å². The van der Waals surface area contributed by atoms with E-state index >= 15 is 0 Å². The molecule has 2 aromatic rings. The van der Waals surface area contributed by atoms with E-state index in [0.29, 0.717) is 6.61 Å². The molecule has 18 heavy (non-hydrogen) atoms. The Hall–Kier alpha value is -2.07. The SMILES string of the molecule is CCO[C@@H](C(N)=NO)c1cccc2ccccc12. The quantitative estimate of drug-likeness (QED) is 0.376. The summed E-state index contributed by atoms with van der Waals surface area (Å²) in [7, 11) is 0. The van der Waals surface area contributed by atoms with E-state index in [9.17, 15) is 0 Å². The van der Waals surface area contributed by atoms with Crippen LogP contribution in [-0.4, -0.2) is 17.6 Å². The molecule has 1 atom stereocenters. The standard InChI is InChI=1S/C14H16N2O2/c1-2-18-13(14(15)16-17)12-9-5-7-10-6-3-4-8-11(10)12/h3-9,13,17H,2H2,1H3,(H2,15,16)/t13-/m1/s1. The summed E-state index contributed by atoms with van der Waals surface area (Å²) in [5.41, 5.74) is 6.61. The van der Waals surface area contributed by atoms with Gasteiger partial charge in [0.1, 0.15) is 6.10 Å². The van der Waals surface area contributed by atoms with Gasteiger partial charge in [-0.15, -0.1) is 0 Å². The van der Waals surface area contributed by atoms with Crippen molar-refractivity contribution in [3.8, 4) is 0 Å². The molecule has 94 valence electrons. The van der Waals surface area contributed by atoms with E-state index in [0.717, 1.165) is 16.3 Å². The molecule has 0 aliphatic rings. The second kappa shape index (κ2) is 5.51. The van der Waals surface area contributed by atoms with Crippen LogP contribution in [-0.2, 0) is 4.74 Å². The molecule has 0 saturated carbocycles. The highest BCUT2D eigenvalue weighted by Crippen LogP contribution is 2.26. The molecule has 0 unspecified atom stereocenters. The maximum absolute atomic E-state index is 8.85. The minimum absolute atomic E-state index is 0.0632. The summed E-state index contributed by atoms with van der Waals surface area (Å²) in [5.74, 6) is 0.0632. The zero-order valence-corrected chi connectivity index (χ0v) is 10.2. The maximum atomic E-state index is 8.85. The van der Waals surface area contributed by atoms with Crippen LogP contribution in [0.15, 0.2) is 47.6 Å². The van der Waals surface area contributed by atoms with E-state index in [-0.39, 0.29) is 5.84 Å². The number of rotatable bonds is 4. The summed E-state index contributed by atoms with van der Waals surface area (Å²) in [5, 5.41) is 14.1. The molecule has 0 radical (unpaired) electrons. The van der Waals surface area contributed by atoms with E-state index in [2.05, 4.69) is 5.16 Å². The van der Waals surface area contributed by atoms with Crippen LogP contribution in [0.2, 0.25) is 0 Å². The van der Waals surface area contributed by atoms with Crippen LogP contribution >= 0.6 is 0 Å². The fraction of sp³-hybridized carbons (Fsp3) is 0.214. The molecule has 0 aliphatic carbocycles. The smallest absolute Gasteiger partial charge is 0.173 e. The molecule has 2 rings (SSSR count). The van der Waals surface area contributed by atoms with Crippen molar-refractivity contribution in [1.82, 2.24) is 0 Å². The lowest BCUT2D eigenvalue weighted by Crippen LogP contribution is -2.24. The van der Waals surface area contributed by atoms with Crippen molar-refractivity contribution in [2.24, 2.45) is 10.9 Å². The molecular formula is C14H16N2O2. The average molecular weight is 244 g/mol. The largest absolute Gasteiger partial charge is 0.409 e. The Morgan fingerprint density at radius 1 is 1.28 bits per heavy atom. The van der Waals surface area contributed by atoms with Crippen LogP contribution in [0, 0.1) is 0 Å². The van der Waals surface area contributed by atoms with Crippen LogP contribution in [0.25, 0.3) is 10.8 Å². The molecule has 0 saturated heterocycles. The third-order valence-electron chi connectivity index (χ3n) is 2.82. The summed E-state index contributed by atoms with van der Waals surface area (Å²) in [6.45, 7) is 2.37. The first kappa shape index (κ1) is 12.4. The van der Waals surface area contributed by atoms with Crippen molar-refractivity contribution in [2.45, 2.75) is 13.0 Å². The minimum atomic E-state index is -0.522. The Morgan fingerprint density at radius 2 is 2.00 bits per heavy atom. The van der Waals surface area contributed by atoms with Crippen LogP contribution in [0.3, 0.4) is 0 Å². The Morgan fingerprint density at radius 3 is 2.72 bits per heavy atom. The Bertz CT molecular complexity index is 561. The molecule has 0 spiro atoms. The van der Waals surface area contributed by atoms with Gasteiger partial charge in [0.15, 0.2) is 5.84 Å². The van der Waals surface area contributed by atoms with Crippen LogP contribution in [0.4, 0.5) is 0 Å². The molecule has 0 aliphatic heterocycles. The summed E-state index contributed by atoms with van der Waals surface area (Å²) in [6, 6.07) is 13.9. The fourth-order valence-corrected chi connectivity index (χ4v) is 2.03. The zero-order chi connectivity index (χ0) is 13.0. The number of amidine groups is 1. The van der Waals surface area contributed by atoms with Gasteiger partial charge in [0.25, 0.3) is 0 Å². The summed E-state index contributed by atoms with van der Waals surface area (Å²) >= 11 is 0. The van der Waals surface area contributed by atoms with Crippen molar-refractivity contribution < 1.29 is 9.94 Å². The normalized spacial score (nSPS) is 13.7. The van der Waals surface area contributed by atoms with E-state index < -0.39 is 6.10 Å². The van der Waals surface area contributed by atoms with Crippen molar-refractivity contribution in [3.63, 3.8) is 0 Å². The monoisotopic (exact) mass is 244 g/mol. The van der Waals surface area contributed by atoms with E-state index in [1.54, 1.807) is 0 Å². The zero-order valence-electron chi connectivity index (χ0n) is 10.2. The second-order valence-electron chi connectivity index (χ2n) is 3.93. The van der Waals surface area contributed by atoms with Crippen molar-refractivity contribution in [1.29, 1.82) is 0 Å². The lowest BCUT2D eigenvalue weighted by atomic mass is 10.00. The number of hydrogen-bond acceptors (Lipinski definition) is 3. The van der Waals surface area contributed by atoms with Crippen LogP contribution in [0.1, 0.15) is 18.6 Å². The maximum Gasteiger partial charge on any atom is 0.173 e. The number of benzene rings is 2. The molecule has 3 N–H and O–H groups in total. The predicted molar refractivity (Wildman–Crippen MR) is 71.7 cm³/mol. The van der Waals surface area contributed by atoms with Crippen molar-refractivity contribution in [2.75, 3.05) is 6.61 Å². The van der Waals surface area contributed by atoms with E-state index in [4.69, 9.17) is 15.7 Å². The van der Waals surface area contributed by atoms with Gasteiger partial charge in [0.05, 0.1) is 0 Å². The Kier molecular flexibility index (Phi) is 3.79. The molecule has 4 nitrogen and oxygen atoms in total. The van der Waals surface area contributed by atoms with Gasteiger partial charge < -0.3 is 15.7 Å². The van der Waals surface area contributed by atoms with Gasteiger partial charge in [-0.1, -0.05) is 47.6 Å². The van der Waals surface area contributed by atoms with Gasteiger partial charge in [-0.25, -0.2) is 0 Å². The number of nitrogens with zero attached hydrogens (tertiary/aromatic N) is 1. The van der Waals surface area contributed by atoms with Gasteiger partial charge in [0, 0.05) is 6.61 Å². The summed E-state index contributed by atoms with van der Waals surface area (Å²) in [4.78, 5) is 0. The third kappa shape index (κ3) is 2.28. The molecule has 0 fully saturated rings. The molecule has 4 heteroatoms. The first-order valence-electron chi connectivity index (χ1n) is 5.84. The summed E-state index contributed by atoms with van der Waals surface area (Å²) in [6.07, 6.45) is -0.522. The highest BCUT2D eigenvalue weighted by atomic mass is 16.5. The first-order chi connectivity index (χ1) is 8.77. The Labute approximate surface area is 106 Å². The summed E-state index contributed by atoms with van der Waals surface area (Å²) < 4.78 is 5.57. The molecule has 0 bridgehead atoms.